The van der Waals surface area contributed by atoms with Gasteiger partial charge in [-0.15, -0.1) is 0 Å². The minimum atomic E-state index is -0.513. The molecule has 1 aromatic carbocycles. The standard InChI is InChI=1S/C25H23ClN6O2/c26-20-7-14(9-27)1-2-15(20)10-29-25(34)23-24(33)19-5-6-22(30-21(19)11-28-23)32-13-17-8-18(32)12-31(17)16-3-4-16/h1-2,5-7,11,16-18,33H,3-4,8,10,12-13H2,(H,29,34)/t17-,18-/m1/s1. The van der Waals surface area contributed by atoms with Crippen LogP contribution in [0.2, 0.25) is 5.02 Å². The van der Waals surface area contributed by atoms with Gasteiger partial charge in [0, 0.05) is 48.2 Å². The number of rotatable bonds is 5. The highest BCUT2D eigenvalue weighted by atomic mass is 35.5. The maximum atomic E-state index is 12.7. The van der Waals surface area contributed by atoms with E-state index in [1.807, 2.05) is 18.2 Å². The van der Waals surface area contributed by atoms with E-state index in [0.717, 1.165) is 24.9 Å². The van der Waals surface area contributed by atoms with E-state index in [1.165, 1.54) is 25.5 Å². The van der Waals surface area contributed by atoms with Crippen LogP contribution in [0, 0.1) is 11.3 Å². The number of amides is 1. The third-order valence-corrected chi connectivity index (χ3v) is 7.49. The predicted molar refractivity (Wildman–Crippen MR) is 128 cm³/mol. The molecule has 2 saturated heterocycles. The number of hydrogen-bond acceptors (Lipinski definition) is 7. The number of pyridine rings is 2. The topological polar surface area (TPSA) is 105 Å². The summed E-state index contributed by atoms with van der Waals surface area (Å²) < 4.78 is 0. The van der Waals surface area contributed by atoms with Crippen LogP contribution in [0.1, 0.15) is 40.9 Å². The molecule has 2 aliphatic heterocycles. The Hall–Kier alpha value is -3.41. The molecule has 0 unspecified atom stereocenters. The number of likely N-dealkylation sites (tertiary alicyclic amines) is 1. The molecule has 172 valence electrons. The molecule has 3 aliphatic rings. The first kappa shape index (κ1) is 21.1. The number of anilines is 1. The number of carbonyl (C=O) groups is 1. The van der Waals surface area contributed by atoms with Gasteiger partial charge in [-0.05, 0) is 49.1 Å². The van der Waals surface area contributed by atoms with Gasteiger partial charge in [0.1, 0.15) is 5.82 Å². The van der Waals surface area contributed by atoms with Gasteiger partial charge in [0.2, 0.25) is 0 Å². The van der Waals surface area contributed by atoms with Crippen LogP contribution in [0.4, 0.5) is 5.82 Å². The molecule has 0 radical (unpaired) electrons. The van der Waals surface area contributed by atoms with E-state index in [0.29, 0.717) is 39.1 Å². The number of aromatic nitrogens is 2. The number of aromatic hydroxyl groups is 1. The zero-order valence-corrected chi connectivity index (χ0v) is 19.2. The molecule has 9 heteroatoms. The second kappa shape index (κ2) is 8.12. The highest BCUT2D eigenvalue weighted by Gasteiger charge is 2.48. The molecule has 2 N–H and O–H groups in total. The maximum Gasteiger partial charge on any atom is 0.274 e. The normalized spacial score (nSPS) is 21.7. The molecule has 1 saturated carbocycles. The largest absolute Gasteiger partial charge is 0.505 e. The summed E-state index contributed by atoms with van der Waals surface area (Å²) in [5.41, 5.74) is 1.61. The molecule has 3 aromatic rings. The molecule has 4 heterocycles. The van der Waals surface area contributed by atoms with Crippen molar-refractivity contribution in [1.82, 2.24) is 20.2 Å². The summed E-state index contributed by atoms with van der Waals surface area (Å²) in [6.07, 6.45) is 5.38. The van der Waals surface area contributed by atoms with Crippen molar-refractivity contribution in [2.75, 3.05) is 18.0 Å². The minimum absolute atomic E-state index is 0.0628. The first-order chi connectivity index (χ1) is 16.5. The Kier molecular flexibility index (Phi) is 5.05. The molecule has 1 aliphatic carbocycles. The molecule has 0 spiro atoms. The fourth-order valence-electron chi connectivity index (χ4n) is 5.25. The average Bonchev–Trinajstić information content (AvgIpc) is 3.50. The molecular formula is C25H23ClN6O2. The number of hydrogen-bond donors (Lipinski definition) is 2. The summed E-state index contributed by atoms with van der Waals surface area (Å²) in [5.74, 6) is 0.188. The molecule has 2 aromatic heterocycles. The molecular weight excluding hydrogens is 452 g/mol. The van der Waals surface area contributed by atoms with Crippen molar-refractivity contribution < 1.29 is 9.90 Å². The van der Waals surface area contributed by atoms with Gasteiger partial charge < -0.3 is 15.3 Å². The number of piperazine rings is 1. The summed E-state index contributed by atoms with van der Waals surface area (Å²) in [6.45, 7) is 2.23. The lowest BCUT2D eigenvalue weighted by atomic mass is 10.1. The van der Waals surface area contributed by atoms with E-state index in [4.69, 9.17) is 21.8 Å². The number of benzene rings is 1. The Balaban J connectivity index is 1.18. The predicted octanol–water partition coefficient (Wildman–Crippen LogP) is 3.22. The summed E-state index contributed by atoms with van der Waals surface area (Å²) >= 11 is 6.18. The van der Waals surface area contributed by atoms with Crippen LogP contribution < -0.4 is 10.2 Å². The summed E-state index contributed by atoms with van der Waals surface area (Å²) in [5, 5.41) is 23.3. The second-order valence-corrected chi connectivity index (χ2v) is 9.69. The lowest BCUT2D eigenvalue weighted by molar-refractivity contribution is 0.0943. The Morgan fingerprint density at radius 1 is 1.21 bits per heavy atom. The number of nitriles is 1. The Morgan fingerprint density at radius 3 is 2.76 bits per heavy atom. The van der Waals surface area contributed by atoms with E-state index in [9.17, 15) is 9.90 Å². The summed E-state index contributed by atoms with van der Waals surface area (Å²) in [7, 11) is 0. The van der Waals surface area contributed by atoms with Gasteiger partial charge in [0.25, 0.3) is 5.91 Å². The first-order valence-corrected chi connectivity index (χ1v) is 11.9. The lowest BCUT2D eigenvalue weighted by Crippen LogP contribution is -2.47. The number of nitrogens with zero attached hydrogens (tertiary/aromatic N) is 5. The van der Waals surface area contributed by atoms with Crippen molar-refractivity contribution in [2.24, 2.45) is 0 Å². The molecule has 1 amide bonds. The highest BCUT2D eigenvalue weighted by molar-refractivity contribution is 6.31. The highest BCUT2D eigenvalue weighted by Crippen LogP contribution is 2.41. The molecule has 2 atom stereocenters. The van der Waals surface area contributed by atoms with Crippen molar-refractivity contribution in [2.45, 2.75) is 43.9 Å². The Labute approximate surface area is 201 Å². The van der Waals surface area contributed by atoms with Gasteiger partial charge >= 0.3 is 0 Å². The quantitative estimate of drug-likeness (QED) is 0.584. The van der Waals surface area contributed by atoms with Crippen LogP contribution >= 0.6 is 11.6 Å². The van der Waals surface area contributed by atoms with Crippen LogP contribution in [0.5, 0.6) is 5.75 Å². The van der Waals surface area contributed by atoms with Crippen molar-refractivity contribution >= 4 is 34.2 Å². The zero-order valence-electron chi connectivity index (χ0n) is 18.4. The first-order valence-electron chi connectivity index (χ1n) is 11.5. The second-order valence-electron chi connectivity index (χ2n) is 9.28. The fourth-order valence-corrected chi connectivity index (χ4v) is 5.50. The maximum absolute atomic E-state index is 12.7. The zero-order chi connectivity index (χ0) is 23.4. The van der Waals surface area contributed by atoms with Crippen LogP contribution in [0.3, 0.4) is 0 Å². The third-order valence-electron chi connectivity index (χ3n) is 7.14. The van der Waals surface area contributed by atoms with E-state index < -0.39 is 5.91 Å². The van der Waals surface area contributed by atoms with E-state index in [-0.39, 0.29) is 18.0 Å². The number of carbonyl (C=O) groups excluding carboxylic acids is 1. The summed E-state index contributed by atoms with van der Waals surface area (Å²) in [4.78, 5) is 26.7. The minimum Gasteiger partial charge on any atom is -0.505 e. The molecule has 34 heavy (non-hydrogen) atoms. The van der Waals surface area contributed by atoms with Gasteiger partial charge in [0.05, 0.1) is 23.3 Å². The van der Waals surface area contributed by atoms with Crippen LogP contribution in [-0.2, 0) is 6.54 Å². The third kappa shape index (κ3) is 3.61. The van der Waals surface area contributed by atoms with Crippen LogP contribution in [-0.4, -0.2) is 57.1 Å². The molecule has 6 rings (SSSR count). The van der Waals surface area contributed by atoms with E-state index in [2.05, 4.69) is 20.1 Å². The smallest absolute Gasteiger partial charge is 0.274 e. The Bertz CT molecular complexity index is 1350. The number of nitrogens with one attached hydrogen (secondary N) is 1. The van der Waals surface area contributed by atoms with Crippen molar-refractivity contribution in [3.63, 3.8) is 0 Å². The van der Waals surface area contributed by atoms with Gasteiger partial charge in [-0.1, -0.05) is 17.7 Å². The number of halogens is 1. The van der Waals surface area contributed by atoms with E-state index >= 15 is 0 Å². The Morgan fingerprint density at radius 2 is 2.06 bits per heavy atom. The molecule has 2 bridgehead atoms. The fraction of sp³-hybridized carbons (Fsp3) is 0.360. The van der Waals surface area contributed by atoms with Gasteiger partial charge in [-0.2, -0.15) is 5.26 Å². The lowest BCUT2D eigenvalue weighted by Gasteiger charge is -2.35. The van der Waals surface area contributed by atoms with Gasteiger partial charge in [0.15, 0.2) is 11.4 Å². The summed E-state index contributed by atoms with van der Waals surface area (Å²) in [6, 6.07) is 12.5. The molecule has 8 nitrogen and oxygen atoms in total. The van der Waals surface area contributed by atoms with Crippen molar-refractivity contribution in [3.05, 3.63) is 58.4 Å². The van der Waals surface area contributed by atoms with Crippen LogP contribution in [0.15, 0.2) is 36.5 Å². The van der Waals surface area contributed by atoms with Gasteiger partial charge in [-0.3, -0.25) is 9.69 Å². The molecule has 3 fully saturated rings. The van der Waals surface area contributed by atoms with Gasteiger partial charge in [-0.25, -0.2) is 9.97 Å². The number of fused-ring (bicyclic) bond motifs is 3. The van der Waals surface area contributed by atoms with E-state index in [1.54, 1.807) is 18.2 Å². The van der Waals surface area contributed by atoms with Crippen molar-refractivity contribution in [3.8, 4) is 11.8 Å². The van der Waals surface area contributed by atoms with Crippen LogP contribution in [0.25, 0.3) is 10.9 Å². The average molecular weight is 475 g/mol. The van der Waals surface area contributed by atoms with Crippen molar-refractivity contribution in [1.29, 1.82) is 5.26 Å². The SMILES string of the molecule is N#Cc1ccc(CNC(=O)c2ncc3nc(N4C[C@H]5C[C@@H]4CN5C4CC4)ccc3c2O)c(Cl)c1. The monoisotopic (exact) mass is 474 g/mol.